The summed E-state index contributed by atoms with van der Waals surface area (Å²) >= 11 is 0. The fourth-order valence-corrected chi connectivity index (χ4v) is 5.00. The van der Waals surface area contributed by atoms with Gasteiger partial charge < -0.3 is 15.5 Å². The molecule has 3 unspecified atom stereocenters. The summed E-state index contributed by atoms with van der Waals surface area (Å²) in [5.41, 5.74) is 0. The lowest BCUT2D eigenvalue weighted by Crippen LogP contribution is -2.50. The van der Waals surface area contributed by atoms with Crippen molar-refractivity contribution in [3.63, 3.8) is 0 Å². The monoisotopic (exact) mass is 571 g/mol. The Morgan fingerprint density at radius 3 is 1.74 bits per heavy atom. The number of aliphatic hydroxyl groups is 2. The van der Waals surface area contributed by atoms with Gasteiger partial charge in [-0.25, -0.2) is 0 Å². The number of rotatable bonds is 26. The van der Waals surface area contributed by atoms with Gasteiger partial charge in [-0.1, -0.05) is 127 Å². The van der Waals surface area contributed by atoms with E-state index < -0.39 is 40.0 Å². The second-order valence-corrected chi connectivity index (χ2v) is 12.0. The van der Waals surface area contributed by atoms with Gasteiger partial charge in [0.1, 0.15) is 6.10 Å². The van der Waals surface area contributed by atoms with Crippen molar-refractivity contribution in [2.24, 2.45) is 0 Å². The minimum absolute atomic E-state index is 0.0695. The van der Waals surface area contributed by atoms with Gasteiger partial charge in [0, 0.05) is 6.42 Å². The summed E-state index contributed by atoms with van der Waals surface area (Å²) in [4.78, 5) is 12.4. The second kappa shape index (κ2) is 25.5. The first-order valence-corrected chi connectivity index (χ1v) is 16.9. The average molecular weight is 572 g/mol. The van der Waals surface area contributed by atoms with Gasteiger partial charge in [0.15, 0.2) is 0 Å². The molecule has 0 saturated carbocycles. The number of allylic oxidation sites excluding steroid dienone is 4. The minimum Gasteiger partial charge on any atom is -0.387 e. The molecule has 0 aromatic rings. The molecule has 0 aliphatic rings. The number of carbonyl (C=O) groups is 1. The molecule has 39 heavy (non-hydrogen) atoms. The molecule has 3 atom stereocenters. The lowest BCUT2D eigenvalue weighted by molar-refractivity contribution is -0.130. The third-order valence-corrected chi connectivity index (χ3v) is 7.46. The molecule has 0 saturated heterocycles. The quantitative estimate of drug-likeness (QED) is 0.0514. The van der Waals surface area contributed by atoms with Crippen LogP contribution in [-0.4, -0.2) is 53.1 Å². The van der Waals surface area contributed by atoms with Crippen LogP contribution in [0.2, 0.25) is 0 Å². The Morgan fingerprint density at radius 2 is 1.21 bits per heavy atom. The van der Waals surface area contributed by atoms with E-state index in [0.29, 0.717) is 6.42 Å². The molecule has 0 radical (unpaired) electrons. The highest BCUT2D eigenvalue weighted by Crippen LogP contribution is 2.11. The number of hydrogen-bond donors (Lipinski definition) is 4. The largest absolute Gasteiger partial charge is 0.387 e. The fraction of sp³-hybridized carbons (Fsp3) is 0.774. The van der Waals surface area contributed by atoms with Gasteiger partial charge >= 0.3 is 0 Å². The molecule has 4 N–H and O–H groups in total. The summed E-state index contributed by atoms with van der Waals surface area (Å²) in [5.74, 6) is -1.63. The van der Waals surface area contributed by atoms with Crippen molar-refractivity contribution in [3.8, 4) is 0 Å². The second-order valence-electron chi connectivity index (χ2n) is 10.5. The van der Waals surface area contributed by atoms with Crippen LogP contribution in [0.5, 0.6) is 0 Å². The van der Waals surface area contributed by atoms with E-state index in [1.165, 1.54) is 83.1 Å². The Labute approximate surface area is 239 Å². The lowest BCUT2D eigenvalue weighted by Gasteiger charge is -2.22. The molecule has 0 heterocycles. The van der Waals surface area contributed by atoms with Crippen LogP contribution in [0.3, 0.4) is 0 Å². The number of hydrogen-bond acceptors (Lipinski definition) is 5. The predicted octanol–water partition coefficient (Wildman–Crippen LogP) is 6.81. The number of carbonyl (C=O) groups excluding carboxylic acids is 1. The fourth-order valence-electron chi connectivity index (χ4n) is 4.26. The van der Waals surface area contributed by atoms with Crippen LogP contribution in [0.4, 0.5) is 0 Å². The highest BCUT2D eigenvalue weighted by atomic mass is 32.2. The van der Waals surface area contributed by atoms with Crippen molar-refractivity contribution >= 4 is 16.0 Å². The Balaban J connectivity index is 4.39. The van der Waals surface area contributed by atoms with E-state index in [2.05, 4.69) is 31.3 Å². The molecule has 0 aliphatic carbocycles. The first-order valence-electron chi connectivity index (χ1n) is 15.3. The van der Waals surface area contributed by atoms with Crippen molar-refractivity contribution in [2.45, 2.75) is 148 Å². The van der Waals surface area contributed by atoms with E-state index in [9.17, 15) is 28.0 Å². The Morgan fingerprint density at radius 1 is 0.718 bits per heavy atom. The van der Waals surface area contributed by atoms with Gasteiger partial charge in [0.25, 0.3) is 10.1 Å². The van der Waals surface area contributed by atoms with Crippen LogP contribution in [0, 0.1) is 0 Å². The lowest BCUT2D eigenvalue weighted by atomic mass is 10.1. The van der Waals surface area contributed by atoms with Gasteiger partial charge in [-0.05, 0) is 32.1 Å². The summed E-state index contributed by atoms with van der Waals surface area (Å²) < 4.78 is 32.1. The molecule has 0 spiro atoms. The molecule has 0 aliphatic heterocycles. The zero-order valence-corrected chi connectivity index (χ0v) is 25.4. The molecule has 8 heteroatoms. The minimum atomic E-state index is -4.44. The number of amides is 1. The maximum atomic E-state index is 12.4. The topological polar surface area (TPSA) is 124 Å². The van der Waals surface area contributed by atoms with Crippen molar-refractivity contribution < 1.29 is 28.0 Å². The molecule has 0 aromatic heterocycles. The molecule has 0 rings (SSSR count). The Kier molecular flexibility index (Phi) is 24.5. The van der Waals surface area contributed by atoms with Gasteiger partial charge in [-0.15, -0.1) is 0 Å². The first kappa shape index (κ1) is 37.5. The van der Waals surface area contributed by atoms with E-state index >= 15 is 0 Å². The zero-order valence-electron chi connectivity index (χ0n) is 24.6. The van der Waals surface area contributed by atoms with Crippen LogP contribution in [-0.2, 0) is 14.9 Å². The third-order valence-electron chi connectivity index (χ3n) is 6.68. The smallest absolute Gasteiger partial charge is 0.267 e. The van der Waals surface area contributed by atoms with Crippen LogP contribution < -0.4 is 5.32 Å². The van der Waals surface area contributed by atoms with Crippen LogP contribution in [0.1, 0.15) is 129 Å². The highest BCUT2D eigenvalue weighted by molar-refractivity contribution is 7.85. The normalized spacial score (nSPS) is 14.9. The first-order chi connectivity index (χ1) is 18.7. The van der Waals surface area contributed by atoms with E-state index in [1.54, 1.807) is 12.2 Å². The zero-order chi connectivity index (χ0) is 29.2. The molecule has 7 nitrogen and oxygen atoms in total. The van der Waals surface area contributed by atoms with Crippen molar-refractivity contribution in [1.82, 2.24) is 5.32 Å². The highest BCUT2D eigenvalue weighted by Gasteiger charge is 2.27. The van der Waals surface area contributed by atoms with E-state index in [4.69, 9.17) is 0 Å². The van der Waals surface area contributed by atoms with Crippen molar-refractivity contribution in [2.75, 3.05) is 5.75 Å². The molecular formula is C31H57NO6S. The molecule has 0 bridgehead atoms. The Bertz CT molecular complexity index is 778. The molecule has 0 aromatic carbocycles. The maximum absolute atomic E-state index is 12.4. The number of nitrogens with one attached hydrogen (secondary N) is 1. The number of aliphatic hydroxyl groups excluding tert-OH is 2. The average Bonchev–Trinajstić information content (AvgIpc) is 2.88. The van der Waals surface area contributed by atoms with Crippen LogP contribution in [0.25, 0.3) is 0 Å². The Hall–Kier alpha value is -1.48. The van der Waals surface area contributed by atoms with Crippen LogP contribution >= 0.6 is 0 Å². The van der Waals surface area contributed by atoms with Gasteiger partial charge in [-0.3, -0.25) is 9.35 Å². The summed E-state index contributed by atoms with van der Waals surface area (Å²) in [6.45, 7) is 4.41. The molecular weight excluding hydrogens is 514 g/mol. The number of unbranched alkanes of at least 4 members (excludes halogenated alkanes) is 14. The van der Waals surface area contributed by atoms with Crippen molar-refractivity contribution in [3.05, 3.63) is 36.5 Å². The summed E-state index contributed by atoms with van der Waals surface area (Å²) in [5, 5.41) is 23.0. The maximum Gasteiger partial charge on any atom is 0.267 e. The van der Waals surface area contributed by atoms with E-state index in [1.807, 2.05) is 6.08 Å². The predicted molar refractivity (Wildman–Crippen MR) is 162 cm³/mol. The SMILES string of the molecule is CCCCCCCC/C=C\C/C=C\CC(O)C(=O)NC(CS(=O)(=O)O)C(O)/C=C/CCCCCCCCCC. The molecule has 228 valence electrons. The van der Waals surface area contributed by atoms with Gasteiger partial charge in [0.05, 0.1) is 17.9 Å². The standard InChI is InChI=1S/C31H57NO6S/c1-3-5-7-9-11-13-15-16-18-20-22-24-26-30(34)31(35)32-28(27-39(36,37)38)29(33)25-23-21-19-17-14-12-10-8-6-4-2/h16,18,22-25,28-30,33-34H,3-15,17,19-21,26-27H2,1-2H3,(H,32,35)(H,36,37,38)/b18-16-,24-22-,25-23+. The van der Waals surface area contributed by atoms with Crippen LogP contribution in [0.15, 0.2) is 36.5 Å². The summed E-state index contributed by atoms with van der Waals surface area (Å²) in [7, 11) is -4.44. The van der Waals surface area contributed by atoms with Gasteiger partial charge in [0.2, 0.25) is 5.91 Å². The summed E-state index contributed by atoms with van der Waals surface area (Å²) in [6.07, 6.45) is 28.0. The summed E-state index contributed by atoms with van der Waals surface area (Å²) in [6, 6.07) is -1.26. The third kappa shape index (κ3) is 25.2. The van der Waals surface area contributed by atoms with Crippen molar-refractivity contribution in [1.29, 1.82) is 0 Å². The van der Waals surface area contributed by atoms with Gasteiger partial charge in [-0.2, -0.15) is 8.42 Å². The molecule has 0 fully saturated rings. The molecule has 1 amide bonds. The van der Waals surface area contributed by atoms with E-state index in [-0.39, 0.29) is 6.42 Å². The van der Waals surface area contributed by atoms with E-state index in [0.717, 1.165) is 25.7 Å².